The van der Waals surface area contributed by atoms with Crippen LogP contribution < -0.4 is 16.0 Å². The average molecular weight is 471 g/mol. The van der Waals surface area contributed by atoms with E-state index in [1.807, 2.05) is 0 Å². The number of esters is 1. The standard InChI is InChI=1S/C24H34N4O4Si/c1-5-32-22(30)16-19(12-14-33(2,3)4)27-21(29)15-18-7-6-13-28(24(18)31)20-10-8-17(9-11-20)23(25)26/h8-11,18-19H,5-7,13,15-16H2,1-4H3,(H3,25,26)(H,27,29)/t18?,19-/m1/s1. The summed E-state index contributed by atoms with van der Waals surface area (Å²) in [6, 6.07) is 6.30. The molecule has 0 spiro atoms. The van der Waals surface area contributed by atoms with Gasteiger partial charge in [0.05, 0.1) is 13.0 Å². The van der Waals surface area contributed by atoms with Crippen LogP contribution in [0.5, 0.6) is 0 Å². The van der Waals surface area contributed by atoms with Gasteiger partial charge in [0.2, 0.25) is 11.8 Å². The van der Waals surface area contributed by atoms with Gasteiger partial charge < -0.3 is 20.7 Å². The first-order chi connectivity index (χ1) is 15.5. The summed E-state index contributed by atoms with van der Waals surface area (Å²) in [5.74, 6) is 1.73. The summed E-state index contributed by atoms with van der Waals surface area (Å²) in [6.45, 7) is 8.82. The molecule has 0 aliphatic carbocycles. The molecule has 1 aliphatic rings. The van der Waals surface area contributed by atoms with Crippen LogP contribution in [0.1, 0.15) is 38.2 Å². The molecule has 0 aromatic heterocycles. The lowest BCUT2D eigenvalue weighted by Gasteiger charge is -2.32. The molecule has 33 heavy (non-hydrogen) atoms. The van der Waals surface area contributed by atoms with Crippen molar-refractivity contribution in [2.75, 3.05) is 18.1 Å². The molecule has 1 unspecified atom stereocenters. The maximum Gasteiger partial charge on any atom is 0.308 e. The highest BCUT2D eigenvalue weighted by molar-refractivity contribution is 6.83. The highest BCUT2D eigenvalue weighted by Crippen LogP contribution is 2.26. The van der Waals surface area contributed by atoms with E-state index in [4.69, 9.17) is 15.9 Å². The quantitative estimate of drug-likeness (QED) is 0.177. The van der Waals surface area contributed by atoms with Crippen LogP contribution in [0.15, 0.2) is 24.3 Å². The average Bonchev–Trinajstić information content (AvgIpc) is 2.73. The monoisotopic (exact) mass is 470 g/mol. The van der Waals surface area contributed by atoms with Crippen LogP contribution in [-0.2, 0) is 19.1 Å². The van der Waals surface area contributed by atoms with Crippen LogP contribution in [-0.4, -0.2) is 50.9 Å². The second-order valence-electron chi connectivity index (χ2n) is 9.14. The van der Waals surface area contributed by atoms with Crippen molar-refractivity contribution >= 4 is 37.4 Å². The first kappa shape index (κ1) is 26.1. The van der Waals surface area contributed by atoms with E-state index in [0.717, 1.165) is 12.1 Å². The number of carbonyl (C=O) groups excluding carboxylic acids is 3. The molecule has 0 radical (unpaired) electrons. The van der Waals surface area contributed by atoms with E-state index >= 15 is 0 Å². The van der Waals surface area contributed by atoms with Gasteiger partial charge >= 0.3 is 5.97 Å². The summed E-state index contributed by atoms with van der Waals surface area (Å²) < 4.78 is 5.01. The van der Waals surface area contributed by atoms with Crippen LogP contribution in [0.3, 0.4) is 0 Å². The number of nitrogens with one attached hydrogen (secondary N) is 2. The zero-order chi connectivity index (χ0) is 24.6. The Balaban J connectivity index is 2.06. The Bertz CT molecular complexity index is 944. The normalized spacial score (nSPS) is 16.9. The molecule has 1 aliphatic heterocycles. The number of benzene rings is 1. The number of piperidine rings is 1. The summed E-state index contributed by atoms with van der Waals surface area (Å²) in [4.78, 5) is 39.5. The summed E-state index contributed by atoms with van der Waals surface area (Å²) in [7, 11) is -1.70. The van der Waals surface area contributed by atoms with Crippen molar-refractivity contribution in [1.82, 2.24) is 5.32 Å². The number of amidine groups is 1. The highest BCUT2D eigenvalue weighted by Gasteiger charge is 2.32. The van der Waals surface area contributed by atoms with Gasteiger partial charge in [-0.1, -0.05) is 25.6 Å². The Kier molecular flexibility index (Phi) is 9.23. The van der Waals surface area contributed by atoms with Crippen molar-refractivity contribution in [3.8, 4) is 11.5 Å². The fraction of sp³-hybridized carbons (Fsp3) is 0.500. The molecule has 2 rings (SSSR count). The number of nitrogen functional groups attached to an aromatic ring is 1. The predicted octanol–water partition coefficient (Wildman–Crippen LogP) is 2.42. The van der Waals surface area contributed by atoms with E-state index in [2.05, 4.69) is 36.4 Å². The zero-order valence-electron chi connectivity index (χ0n) is 19.9. The minimum atomic E-state index is -1.70. The largest absolute Gasteiger partial charge is 0.466 e. The molecule has 2 amide bonds. The third kappa shape index (κ3) is 8.39. The second-order valence-corrected chi connectivity index (χ2v) is 13.9. The van der Waals surface area contributed by atoms with Gasteiger partial charge in [-0.2, -0.15) is 0 Å². The van der Waals surface area contributed by atoms with E-state index in [1.54, 1.807) is 36.1 Å². The Morgan fingerprint density at radius 3 is 2.55 bits per heavy atom. The molecular weight excluding hydrogens is 436 g/mol. The molecule has 1 heterocycles. The Labute approximate surface area is 196 Å². The van der Waals surface area contributed by atoms with Gasteiger partial charge in [0.15, 0.2) is 0 Å². The number of rotatable bonds is 8. The van der Waals surface area contributed by atoms with Crippen molar-refractivity contribution in [2.45, 2.75) is 58.3 Å². The minimum Gasteiger partial charge on any atom is -0.466 e. The van der Waals surface area contributed by atoms with Crippen molar-refractivity contribution in [3.05, 3.63) is 29.8 Å². The lowest BCUT2D eigenvalue weighted by Crippen LogP contribution is -2.44. The van der Waals surface area contributed by atoms with Crippen LogP contribution in [0, 0.1) is 22.8 Å². The summed E-state index contributed by atoms with van der Waals surface area (Å²) >= 11 is 0. The van der Waals surface area contributed by atoms with Gasteiger partial charge in [0, 0.05) is 30.1 Å². The third-order valence-corrected chi connectivity index (χ3v) is 6.00. The molecule has 9 heteroatoms. The van der Waals surface area contributed by atoms with Crippen LogP contribution in [0.2, 0.25) is 19.6 Å². The smallest absolute Gasteiger partial charge is 0.308 e. The van der Waals surface area contributed by atoms with E-state index in [0.29, 0.717) is 18.5 Å². The molecule has 0 saturated carbocycles. The molecule has 0 bridgehead atoms. The molecule has 1 aromatic carbocycles. The number of carbonyl (C=O) groups is 3. The molecule has 1 saturated heterocycles. The summed E-state index contributed by atoms with van der Waals surface area (Å²) in [6.07, 6.45) is 1.41. The van der Waals surface area contributed by atoms with Crippen molar-refractivity contribution in [1.29, 1.82) is 5.41 Å². The third-order valence-electron chi connectivity index (χ3n) is 5.10. The van der Waals surface area contributed by atoms with Gasteiger partial charge in [0.25, 0.3) is 0 Å². The Hall–Kier alpha value is -3.12. The maximum atomic E-state index is 13.1. The van der Waals surface area contributed by atoms with Crippen LogP contribution in [0.4, 0.5) is 5.69 Å². The van der Waals surface area contributed by atoms with E-state index in [9.17, 15) is 14.4 Å². The van der Waals surface area contributed by atoms with Crippen LogP contribution in [0.25, 0.3) is 0 Å². The fourth-order valence-electron chi connectivity index (χ4n) is 3.52. The number of ether oxygens (including phenoxy) is 1. The van der Waals surface area contributed by atoms with Gasteiger partial charge in [-0.05, 0) is 44.0 Å². The number of nitrogens with two attached hydrogens (primary N) is 1. The van der Waals surface area contributed by atoms with Crippen molar-refractivity contribution in [2.24, 2.45) is 11.7 Å². The second kappa shape index (κ2) is 11.7. The topological polar surface area (TPSA) is 126 Å². The Morgan fingerprint density at radius 1 is 1.30 bits per heavy atom. The molecule has 1 aromatic rings. The van der Waals surface area contributed by atoms with Crippen LogP contribution >= 0.6 is 0 Å². The first-order valence-corrected chi connectivity index (χ1v) is 14.7. The molecular formula is C24H34N4O4Si. The number of anilines is 1. The zero-order valence-corrected chi connectivity index (χ0v) is 20.9. The van der Waals surface area contributed by atoms with Crippen molar-refractivity contribution in [3.63, 3.8) is 0 Å². The SMILES string of the molecule is CCOC(=O)C[C@@H](C#C[Si](C)(C)C)NC(=O)CC1CCCN(c2ccc(C(=N)N)cc2)C1=O. The Morgan fingerprint density at radius 2 is 1.97 bits per heavy atom. The van der Waals surface area contributed by atoms with E-state index in [1.165, 1.54) is 0 Å². The molecule has 4 N–H and O–H groups in total. The predicted molar refractivity (Wildman–Crippen MR) is 131 cm³/mol. The van der Waals surface area contributed by atoms with E-state index in [-0.39, 0.29) is 37.1 Å². The summed E-state index contributed by atoms with van der Waals surface area (Å²) in [5, 5.41) is 10.3. The van der Waals surface area contributed by atoms with Gasteiger partial charge in [-0.15, -0.1) is 5.54 Å². The fourth-order valence-corrected chi connectivity index (χ4v) is 4.13. The lowest BCUT2D eigenvalue weighted by atomic mass is 9.92. The summed E-state index contributed by atoms with van der Waals surface area (Å²) in [5.41, 5.74) is 10.0. The molecule has 1 fully saturated rings. The number of hydrogen-bond donors (Lipinski definition) is 3. The van der Waals surface area contributed by atoms with Gasteiger partial charge in [-0.3, -0.25) is 19.8 Å². The first-order valence-electron chi connectivity index (χ1n) is 11.2. The number of hydrogen-bond acceptors (Lipinski definition) is 5. The van der Waals surface area contributed by atoms with E-state index < -0.39 is 26.0 Å². The molecule has 8 nitrogen and oxygen atoms in total. The minimum absolute atomic E-state index is 0.0235. The lowest BCUT2D eigenvalue weighted by molar-refractivity contribution is -0.143. The molecule has 2 atom stereocenters. The van der Waals surface area contributed by atoms with Gasteiger partial charge in [-0.25, -0.2) is 0 Å². The number of nitrogens with zero attached hydrogens (tertiary/aromatic N) is 1. The van der Waals surface area contributed by atoms with Crippen molar-refractivity contribution < 1.29 is 19.1 Å². The van der Waals surface area contributed by atoms with Gasteiger partial charge in [0.1, 0.15) is 20.0 Å². The maximum absolute atomic E-state index is 13.1. The highest BCUT2D eigenvalue weighted by atomic mass is 28.3. The molecule has 178 valence electrons. The number of amides is 2.